The van der Waals surface area contributed by atoms with Crippen molar-refractivity contribution in [1.29, 1.82) is 0 Å². The minimum atomic E-state index is 0.593. The summed E-state index contributed by atoms with van der Waals surface area (Å²) in [4.78, 5) is 1.25. The van der Waals surface area contributed by atoms with Crippen LogP contribution in [0.15, 0.2) is 53.4 Å². The zero-order valence-electron chi connectivity index (χ0n) is 10.8. The van der Waals surface area contributed by atoms with Gasteiger partial charge < -0.3 is 15.2 Å². The molecule has 0 radical (unpaired) electrons. The maximum atomic E-state index is 5.82. The molecule has 0 bridgehead atoms. The highest BCUT2D eigenvalue weighted by molar-refractivity contribution is 7.99. The molecule has 0 saturated heterocycles. The van der Waals surface area contributed by atoms with Crippen LogP contribution in [0.25, 0.3) is 0 Å². The van der Waals surface area contributed by atoms with Gasteiger partial charge in [0.05, 0.1) is 19.4 Å². The summed E-state index contributed by atoms with van der Waals surface area (Å²) in [6, 6.07) is 15.7. The van der Waals surface area contributed by atoms with Crippen LogP contribution in [0.3, 0.4) is 0 Å². The second-order valence-electron chi connectivity index (χ2n) is 3.91. The topological polar surface area (TPSA) is 44.5 Å². The highest BCUT2D eigenvalue weighted by atomic mass is 32.2. The average Bonchev–Trinajstić information content (AvgIpc) is 2.45. The molecule has 0 aliphatic rings. The lowest BCUT2D eigenvalue weighted by atomic mass is 10.3. The molecule has 0 aliphatic carbocycles. The van der Waals surface area contributed by atoms with Crippen LogP contribution in [0.1, 0.15) is 0 Å². The van der Waals surface area contributed by atoms with E-state index in [9.17, 15) is 0 Å². The van der Waals surface area contributed by atoms with Crippen molar-refractivity contribution in [2.75, 3.05) is 25.2 Å². The Bertz CT molecular complexity index is 517. The van der Waals surface area contributed by atoms with Gasteiger partial charge in [0.2, 0.25) is 0 Å². The number of rotatable bonds is 6. The number of ether oxygens (including phenoxy) is 2. The van der Waals surface area contributed by atoms with Gasteiger partial charge in [-0.1, -0.05) is 18.2 Å². The monoisotopic (exact) mass is 275 g/mol. The van der Waals surface area contributed by atoms with Crippen LogP contribution in [0, 0.1) is 0 Å². The van der Waals surface area contributed by atoms with E-state index in [0.717, 1.165) is 11.5 Å². The number of thioether (sulfide) groups is 1. The third-order valence-corrected chi connectivity index (χ3v) is 3.54. The number of hydrogen-bond acceptors (Lipinski definition) is 4. The van der Waals surface area contributed by atoms with Gasteiger partial charge in [0.25, 0.3) is 0 Å². The van der Waals surface area contributed by atoms with E-state index >= 15 is 0 Å². The van der Waals surface area contributed by atoms with Crippen molar-refractivity contribution in [3.8, 4) is 11.5 Å². The highest BCUT2D eigenvalue weighted by Gasteiger charge is 2.01. The number of benzene rings is 2. The van der Waals surface area contributed by atoms with E-state index < -0.39 is 0 Å². The highest BCUT2D eigenvalue weighted by Crippen LogP contribution is 2.26. The van der Waals surface area contributed by atoms with Gasteiger partial charge in [-0.2, -0.15) is 0 Å². The number of hydrogen-bond donors (Lipinski definition) is 1. The van der Waals surface area contributed by atoms with Gasteiger partial charge >= 0.3 is 0 Å². The lowest BCUT2D eigenvalue weighted by Crippen LogP contribution is -2.01. The molecule has 2 aromatic carbocycles. The van der Waals surface area contributed by atoms with E-state index in [1.54, 1.807) is 24.9 Å². The molecular weight excluding hydrogens is 258 g/mol. The molecular formula is C15H17NO2S. The number of nitrogens with two attached hydrogens (primary N) is 1. The number of anilines is 1. The molecule has 0 atom stereocenters. The molecule has 3 nitrogen and oxygen atoms in total. The molecule has 4 heteroatoms. The summed E-state index contributed by atoms with van der Waals surface area (Å²) in [6.45, 7) is 0.644. The third kappa shape index (κ3) is 4.10. The predicted octanol–water partition coefficient (Wildman–Crippen LogP) is 3.45. The fourth-order valence-electron chi connectivity index (χ4n) is 1.64. The first-order valence-electron chi connectivity index (χ1n) is 6.04. The van der Waals surface area contributed by atoms with Crippen LogP contribution in [0.4, 0.5) is 5.69 Å². The van der Waals surface area contributed by atoms with Gasteiger partial charge in [-0.15, -0.1) is 11.8 Å². The van der Waals surface area contributed by atoms with E-state index in [1.165, 1.54) is 4.90 Å². The second-order valence-corrected chi connectivity index (χ2v) is 5.08. The van der Waals surface area contributed by atoms with E-state index in [0.29, 0.717) is 18.0 Å². The molecule has 19 heavy (non-hydrogen) atoms. The first-order valence-corrected chi connectivity index (χ1v) is 7.02. The Hall–Kier alpha value is -1.81. The van der Waals surface area contributed by atoms with E-state index in [4.69, 9.17) is 15.2 Å². The Labute approximate surface area is 117 Å². The molecule has 0 saturated carbocycles. The molecule has 0 spiro atoms. The van der Waals surface area contributed by atoms with Crippen LogP contribution < -0.4 is 15.2 Å². The zero-order valence-corrected chi connectivity index (χ0v) is 11.7. The van der Waals surface area contributed by atoms with E-state index in [2.05, 4.69) is 12.1 Å². The average molecular weight is 275 g/mol. The summed E-state index contributed by atoms with van der Waals surface area (Å²) < 4.78 is 10.8. The smallest absolute Gasteiger partial charge is 0.142 e. The molecule has 0 fully saturated rings. The third-order valence-electron chi connectivity index (χ3n) is 2.57. The Morgan fingerprint density at radius 1 is 1.11 bits per heavy atom. The molecule has 0 aliphatic heterocycles. The van der Waals surface area contributed by atoms with E-state index in [1.807, 2.05) is 30.3 Å². The van der Waals surface area contributed by atoms with Crippen LogP contribution in [-0.2, 0) is 0 Å². The summed E-state index contributed by atoms with van der Waals surface area (Å²) in [5, 5.41) is 0. The SMILES string of the molecule is COc1ccc(OCCSc2ccccc2)cc1N. The molecule has 0 amide bonds. The summed E-state index contributed by atoms with van der Waals surface area (Å²) >= 11 is 1.77. The van der Waals surface area contributed by atoms with Gasteiger partial charge in [-0.05, 0) is 24.3 Å². The van der Waals surface area contributed by atoms with Gasteiger partial charge in [-0.3, -0.25) is 0 Å². The van der Waals surface area contributed by atoms with Gasteiger partial charge in [0.15, 0.2) is 0 Å². The largest absolute Gasteiger partial charge is 0.495 e. The molecule has 2 rings (SSSR count). The number of nitrogen functional groups attached to an aromatic ring is 1. The summed E-state index contributed by atoms with van der Waals surface area (Å²) in [6.07, 6.45) is 0. The molecule has 0 unspecified atom stereocenters. The van der Waals surface area contributed by atoms with Gasteiger partial charge in [0, 0.05) is 16.7 Å². The lowest BCUT2D eigenvalue weighted by molar-refractivity contribution is 0.343. The summed E-state index contributed by atoms with van der Waals surface area (Å²) in [5.41, 5.74) is 6.41. The van der Waals surface area contributed by atoms with Crippen LogP contribution >= 0.6 is 11.8 Å². The summed E-state index contributed by atoms with van der Waals surface area (Å²) in [5.74, 6) is 2.34. The van der Waals surface area contributed by atoms with Crippen LogP contribution in [-0.4, -0.2) is 19.5 Å². The molecule has 100 valence electrons. The molecule has 2 aromatic rings. The van der Waals surface area contributed by atoms with Crippen molar-refractivity contribution >= 4 is 17.4 Å². The normalized spacial score (nSPS) is 10.2. The lowest BCUT2D eigenvalue weighted by Gasteiger charge is -2.09. The fourth-order valence-corrected chi connectivity index (χ4v) is 2.39. The Morgan fingerprint density at radius 2 is 1.89 bits per heavy atom. The molecule has 2 N–H and O–H groups in total. The van der Waals surface area contributed by atoms with Crippen molar-refractivity contribution in [3.63, 3.8) is 0 Å². The second kappa shape index (κ2) is 6.95. The molecule has 0 aromatic heterocycles. The first-order chi connectivity index (χ1) is 9.29. The quantitative estimate of drug-likeness (QED) is 0.498. The van der Waals surface area contributed by atoms with Crippen molar-refractivity contribution in [1.82, 2.24) is 0 Å². The van der Waals surface area contributed by atoms with Crippen molar-refractivity contribution < 1.29 is 9.47 Å². The van der Waals surface area contributed by atoms with Crippen LogP contribution in [0.5, 0.6) is 11.5 Å². The minimum absolute atomic E-state index is 0.593. The molecule has 0 heterocycles. The maximum absolute atomic E-state index is 5.82. The Morgan fingerprint density at radius 3 is 2.58 bits per heavy atom. The van der Waals surface area contributed by atoms with Gasteiger partial charge in [-0.25, -0.2) is 0 Å². The fraction of sp³-hybridized carbons (Fsp3) is 0.200. The predicted molar refractivity (Wildman–Crippen MR) is 80.1 cm³/mol. The van der Waals surface area contributed by atoms with Crippen molar-refractivity contribution in [2.24, 2.45) is 0 Å². The Kier molecular flexibility index (Phi) is 4.98. The van der Waals surface area contributed by atoms with Crippen molar-refractivity contribution in [3.05, 3.63) is 48.5 Å². The zero-order chi connectivity index (χ0) is 13.5. The van der Waals surface area contributed by atoms with E-state index in [-0.39, 0.29) is 0 Å². The Balaban J connectivity index is 1.78. The standard InChI is InChI=1S/C15H17NO2S/c1-17-15-8-7-12(11-14(15)16)18-9-10-19-13-5-3-2-4-6-13/h2-8,11H,9-10,16H2,1H3. The van der Waals surface area contributed by atoms with Crippen molar-refractivity contribution in [2.45, 2.75) is 4.90 Å². The first kappa shape index (κ1) is 13.6. The number of methoxy groups -OCH3 is 1. The summed E-state index contributed by atoms with van der Waals surface area (Å²) in [7, 11) is 1.60. The minimum Gasteiger partial charge on any atom is -0.495 e. The van der Waals surface area contributed by atoms with Gasteiger partial charge in [0.1, 0.15) is 11.5 Å². The van der Waals surface area contributed by atoms with Crippen LogP contribution in [0.2, 0.25) is 0 Å². The maximum Gasteiger partial charge on any atom is 0.142 e.